The van der Waals surface area contributed by atoms with Gasteiger partial charge in [-0.15, -0.1) is 0 Å². The zero-order chi connectivity index (χ0) is 10.1. The molecule has 5 heteroatoms. The van der Waals surface area contributed by atoms with E-state index in [1.165, 1.54) is 12.1 Å². The first-order valence-electron chi connectivity index (χ1n) is 4.35. The van der Waals surface area contributed by atoms with Gasteiger partial charge in [-0.05, 0) is 24.6 Å². The molecule has 1 N–H and O–H groups in total. The fourth-order valence-corrected chi connectivity index (χ4v) is 1.77. The van der Waals surface area contributed by atoms with Crippen molar-refractivity contribution in [1.82, 2.24) is 5.32 Å². The van der Waals surface area contributed by atoms with Crippen LogP contribution >= 0.6 is 11.6 Å². The SMILES string of the molecule is O=[N+]([O-])c1ccc([C@@H]2CCN2)c(Cl)c1. The van der Waals surface area contributed by atoms with E-state index in [0.717, 1.165) is 18.5 Å². The average Bonchev–Trinajstić information content (AvgIpc) is 2.04. The van der Waals surface area contributed by atoms with Crippen molar-refractivity contribution in [2.45, 2.75) is 12.5 Å². The molecule has 1 fully saturated rings. The number of nitro benzene ring substituents is 1. The number of non-ortho nitro benzene ring substituents is 1. The van der Waals surface area contributed by atoms with Crippen LogP contribution < -0.4 is 5.32 Å². The number of nitro groups is 1. The predicted molar refractivity (Wildman–Crippen MR) is 53.5 cm³/mol. The molecule has 0 spiro atoms. The molecule has 0 saturated carbocycles. The molecule has 74 valence electrons. The summed E-state index contributed by atoms with van der Waals surface area (Å²) in [6.07, 6.45) is 1.04. The molecule has 1 atom stereocenters. The summed E-state index contributed by atoms with van der Waals surface area (Å²) in [6, 6.07) is 4.87. The minimum atomic E-state index is -0.441. The number of benzene rings is 1. The minimum absolute atomic E-state index is 0.0399. The van der Waals surface area contributed by atoms with E-state index in [1.54, 1.807) is 6.07 Å². The van der Waals surface area contributed by atoms with E-state index in [2.05, 4.69) is 5.32 Å². The van der Waals surface area contributed by atoms with E-state index < -0.39 is 4.92 Å². The second-order valence-electron chi connectivity index (χ2n) is 3.26. The molecule has 2 rings (SSSR count). The highest BCUT2D eigenvalue weighted by Gasteiger charge is 2.22. The largest absolute Gasteiger partial charge is 0.310 e. The quantitative estimate of drug-likeness (QED) is 0.605. The molecule has 1 aliphatic heterocycles. The van der Waals surface area contributed by atoms with Gasteiger partial charge in [0.25, 0.3) is 5.69 Å². The van der Waals surface area contributed by atoms with Crippen LogP contribution in [0.25, 0.3) is 0 Å². The van der Waals surface area contributed by atoms with Crippen LogP contribution in [0.15, 0.2) is 18.2 Å². The van der Waals surface area contributed by atoms with Crippen LogP contribution in [0.2, 0.25) is 5.02 Å². The molecule has 0 aliphatic carbocycles. The van der Waals surface area contributed by atoms with Gasteiger partial charge in [0.15, 0.2) is 0 Å². The Morgan fingerprint density at radius 1 is 1.57 bits per heavy atom. The Hall–Kier alpha value is -1.13. The van der Waals surface area contributed by atoms with Crippen molar-refractivity contribution in [1.29, 1.82) is 0 Å². The summed E-state index contributed by atoms with van der Waals surface area (Å²) in [5.74, 6) is 0. The van der Waals surface area contributed by atoms with Crippen LogP contribution in [0.4, 0.5) is 5.69 Å². The number of hydrogen-bond acceptors (Lipinski definition) is 3. The van der Waals surface area contributed by atoms with Gasteiger partial charge in [0, 0.05) is 18.2 Å². The highest BCUT2D eigenvalue weighted by molar-refractivity contribution is 6.31. The monoisotopic (exact) mass is 212 g/mol. The maximum absolute atomic E-state index is 10.4. The predicted octanol–water partition coefficient (Wildman–Crippen LogP) is 2.28. The molecule has 0 unspecified atom stereocenters. The van der Waals surface area contributed by atoms with Crippen LogP contribution in [0.1, 0.15) is 18.0 Å². The number of halogens is 1. The number of nitrogens with zero attached hydrogens (tertiary/aromatic N) is 1. The Bertz CT molecular complexity index is 377. The van der Waals surface area contributed by atoms with Crippen LogP contribution in [0.3, 0.4) is 0 Å². The Balaban J connectivity index is 2.30. The van der Waals surface area contributed by atoms with E-state index in [9.17, 15) is 10.1 Å². The second kappa shape index (κ2) is 3.55. The van der Waals surface area contributed by atoms with Crippen molar-refractivity contribution in [2.24, 2.45) is 0 Å². The van der Waals surface area contributed by atoms with Crippen molar-refractivity contribution in [3.05, 3.63) is 38.9 Å². The molecule has 14 heavy (non-hydrogen) atoms. The Kier molecular flexibility index (Phi) is 2.39. The number of rotatable bonds is 2. The fraction of sp³-hybridized carbons (Fsp3) is 0.333. The van der Waals surface area contributed by atoms with E-state index in [1.807, 2.05) is 0 Å². The van der Waals surface area contributed by atoms with Crippen molar-refractivity contribution in [2.75, 3.05) is 6.54 Å². The molecule has 0 radical (unpaired) electrons. The normalized spacial score (nSPS) is 20.2. The third-order valence-corrected chi connectivity index (χ3v) is 2.72. The van der Waals surface area contributed by atoms with E-state index in [-0.39, 0.29) is 11.7 Å². The lowest BCUT2D eigenvalue weighted by molar-refractivity contribution is -0.384. The summed E-state index contributed by atoms with van der Waals surface area (Å²) >= 11 is 5.94. The van der Waals surface area contributed by atoms with Crippen LogP contribution in [-0.2, 0) is 0 Å². The highest BCUT2D eigenvalue weighted by atomic mass is 35.5. The molecule has 1 saturated heterocycles. The van der Waals surface area contributed by atoms with Gasteiger partial charge in [0.1, 0.15) is 0 Å². The van der Waals surface area contributed by atoms with E-state index in [0.29, 0.717) is 5.02 Å². The molecule has 4 nitrogen and oxygen atoms in total. The van der Waals surface area contributed by atoms with Crippen molar-refractivity contribution >= 4 is 17.3 Å². The van der Waals surface area contributed by atoms with Crippen molar-refractivity contribution in [3.8, 4) is 0 Å². The highest BCUT2D eigenvalue weighted by Crippen LogP contribution is 2.31. The molecule has 1 heterocycles. The lowest BCUT2D eigenvalue weighted by atomic mass is 9.98. The van der Waals surface area contributed by atoms with E-state index in [4.69, 9.17) is 11.6 Å². The molecule has 0 amide bonds. The summed E-state index contributed by atoms with van der Waals surface area (Å²) < 4.78 is 0. The summed E-state index contributed by atoms with van der Waals surface area (Å²) in [7, 11) is 0. The summed E-state index contributed by atoms with van der Waals surface area (Å²) in [4.78, 5) is 10.0. The van der Waals surface area contributed by atoms with Gasteiger partial charge >= 0.3 is 0 Å². The van der Waals surface area contributed by atoms with Crippen LogP contribution in [-0.4, -0.2) is 11.5 Å². The fourth-order valence-electron chi connectivity index (χ4n) is 1.47. The topological polar surface area (TPSA) is 55.2 Å². The maximum atomic E-state index is 10.4. The van der Waals surface area contributed by atoms with Gasteiger partial charge in [0.2, 0.25) is 0 Å². The van der Waals surface area contributed by atoms with Crippen molar-refractivity contribution in [3.63, 3.8) is 0 Å². The Morgan fingerprint density at radius 2 is 2.29 bits per heavy atom. The third-order valence-electron chi connectivity index (χ3n) is 2.39. The summed E-state index contributed by atoms with van der Waals surface area (Å²) in [5, 5.41) is 14.1. The molecule has 1 aromatic carbocycles. The maximum Gasteiger partial charge on any atom is 0.270 e. The summed E-state index contributed by atoms with van der Waals surface area (Å²) in [6.45, 7) is 0.984. The minimum Gasteiger partial charge on any atom is -0.310 e. The van der Waals surface area contributed by atoms with Crippen LogP contribution in [0, 0.1) is 10.1 Å². The Labute approximate surface area is 86.0 Å². The standard InChI is InChI=1S/C9H9ClN2O2/c10-8-5-6(12(13)14)1-2-7(8)9-3-4-11-9/h1-2,5,9,11H,3-4H2/t9-/m0/s1. The Morgan fingerprint density at radius 3 is 2.71 bits per heavy atom. The van der Waals surface area contributed by atoms with Crippen LogP contribution in [0.5, 0.6) is 0 Å². The van der Waals surface area contributed by atoms with E-state index >= 15 is 0 Å². The molecule has 0 aromatic heterocycles. The smallest absolute Gasteiger partial charge is 0.270 e. The van der Waals surface area contributed by atoms with Gasteiger partial charge in [-0.2, -0.15) is 0 Å². The summed E-state index contributed by atoms with van der Waals surface area (Å²) in [5.41, 5.74) is 0.988. The average molecular weight is 213 g/mol. The number of hydrogen-bond donors (Lipinski definition) is 1. The van der Waals surface area contributed by atoms with Gasteiger partial charge < -0.3 is 5.32 Å². The molecular formula is C9H9ClN2O2. The lowest BCUT2D eigenvalue weighted by Gasteiger charge is -2.28. The molecule has 1 aromatic rings. The zero-order valence-corrected chi connectivity index (χ0v) is 8.12. The molecular weight excluding hydrogens is 204 g/mol. The first-order chi connectivity index (χ1) is 6.68. The third kappa shape index (κ3) is 1.58. The second-order valence-corrected chi connectivity index (χ2v) is 3.67. The zero-order valence-electron chi connectivity index (χ0n) is 7.37. The van der Waals surface area contributed by atoms with Gasteiger partial charge in [-0.25, -0.2) is 0 Å². The van der Waals surface area contributed by atoms with Crippen molar-refractivity contribution < 1.29 is 4.92 Å². The lowest BCUT2D eigenvalue weighted by Crippen LogP contribution is -2.35. The molecule has 0 bridgehead atoms. The van der Waals surface area contributed by atoms with Gasteiger partial charge in [0.05, 0.1) is 9.95 Å². The number of nitrogens with one attached hydrogen (secondary N) is 1. The molecule has 1 aliphatic rings. The first-order valence-corrected chi connectivity index (χ1v) is 4.73. The van der Waals surface area contributed by atoms with Gasteiger partial charge in [-0.1, -0.05) is 11.6 Å². The first kappa shape index (κ1) is 9.43. The van der Waals surface area contributed by atoms with Gasteiger partial charge in [-0.3, -0.25) is 10.1 Å².